The molecule has 0 amide bonds. The molecule has 0 radical (unpaired) electrons. The SMILES string of the molecule is O=C1c2ccccc2CCC1[S+]1CCOCC1. The van der Waals surface area contributed by atoms with Gasteiger partial charge in [0.05, 0.1) is 13.2 Å². The molecule has 2 nitrogen and oxygen atoms in total. The summed E-state index contributed by atoms with van der Waals surface area (Å²) in [5, 5.41) is 0.272. The van der Waals surface area contributed by atoms with Crippen LogP contribution in [0.2, 0.25) is 0 Å². The van der Waals surface area contributed by atoms with E-state index in [9.17, 15) is 4.79 Å². The molecule has 1 aliphatic heterocycles. The molecule has 1 fully saturated rings. The Bertz CT molecular complexity index is 424. The molecule has 0 N–H and O–H groups in total. The first kappa shape index (κ1) is 11.3. The fourth-order valence-electron chi connectivity index (χ4n) is 2.71. The summed E-state index contributed by atoms with van der Waals surface area (Å²) in [6.07, 6.45) is 2.11. The van der Waals surface area contributed by atoms with Gasteiger partial charge in [0.2, 0.25) is 5.78 Å². The van der Waals surface area contributed by atoms with Crippen molar-refractivity contribution >= 4 is 16.7 Å². The Labute approximate surface area is 105 Å². The van der Waals surface area contributed by atoms with Crippen LogP contribution < -0.4 is 0 Å². The second kappa shape index (κ2) is 4.83. The van der Waals surface area contributed by atoms with Crippen LogP contribution in [-0.2, 0) is 22.1 Å². The summed E-state index contributed by atoms with van der Waals surface area (Å²) >= 11 is 0. The third-order valence-electron chi connectivity index (χ3n) is 3.63. The molecular weight excluding hydrogens is 232 g/mol. The zero-order valence-corrected chi connectivity index (χ0v) is 10.7. The van der Waals surface area contributed by atoms with Crippen molar-refractivity contribution in [3.63, 3.8) is 0 Å². The molecule has 90 valence electrons. The Morgan fingerprint density at radius 2 is 1.94 bits per heavy atom. The van der Waals surface area contributed by atoms with Crippen molar-refractivity contribution < 1.29 is 9.53 Å². The number of hydrogen-bond donors (Lipinski definition) is 0. The highest BCUT2D eigenvalue weighted by Gasteiger charge is 2.41. The maximum atomic E-state index is 12.5. The van der Waals surface area contributed by atoms with E-state index < -0.39 is 0 Å². The van der Waals surface area contributed by atoms with Gasteiger partial charge < -0.3 is 4.74 Å². The third-order valence-corrected chi connectivity index (χ3v) is 6.27. The second-order valence-corrected chi connectivity index (χ2v) is 7.07. The standard InChI is InChI=1S/C14H17O2S/c15-14-12-4-2-1-3-11(12)5-6-13(14)17-9-7-16-8-10-17/h1-4,13H,5-10H2/q+1. The Balaban J connectivity index is 1.83. The summed E-state index contributed by atoms with van der Waals surface area (Å²) < 4.78 is 5.39. The largest absolute Gasteiger partial charge is 0.372 e. The van der Waals surface area contributed by atoms with Crippen LogP contribution in [0.25, 0.3) is 0 Å². The molecule has 0 bridgehead atoms. The molecule has 1 aromatic rings. The molecule has 0 saturated carbocycles. The van der Waals surface area contributed by atoms with Gasteiger partial charge in [0.15, 0.2) is 5.25 Å². The van der Waals surface area contributed by atoms with Crippen LogP contribution in [0.4, 0.5) is 0 Å². The van der Waals surface area contributed by atoms with E-state index in [-0.39, 0.29) is 16.1 Å². The summed E-state index contributed by atoms with van der Waals surface area (Å²) in [5.41, 5.74) is 2.22. The van der Waals surface area contributed by atoms with Gasteiger partial charge in [-0.15, -0.1) is 0 Å². The monoisotopic (exact) mass is 249 g/mol. The summed E-state index contributed by atoms with van der Waals surface area (Å²) in [4.78, 5) is 12.5. The van der Waals surface area contributed by atoms with Crippen LogP contribution in [0, 0.1) is 0 Å². The normalized spacial score (nSPS) is 25.6. The molecule has 3 rings (SSSR count). The fourth-order valence-corrected chi connectivity index (χ4v) is 5.03. The van der Waals surface area contributed by atoms with E-state index in [0.29, 0.717) is 5.78 Å². The van der Waals surface area contributed by atoms with Crippen molar-refractivity contribution in [1.82, 2.24) is 0 Å². The zero-order chi connectivity index (χ0) is 11.7. The number of carbonyl (C=O) groups is 1. The molecule has 17 heavy (non-hydrogen) atoms. The van der Waals surface area contributed by atoms with Gasteiger partial charge >= 0.3 is 0 Å². The minimum atomic E-state index is 0.257. The zero-order valence-electron chi connectivity index (χ0n) is 9.85. The summed E-state index contributed by atoms with van der Waals surface area (Å²) in [7, 11) is 0.257. The first-order chi connectivity index (χ1) is 8.36. The molecule has 3 heteroatoms. The minimum Gasteiger partial charge on any atom is -0.372 e. The predicted octanol–water partition coefficient (Wildman–Crippen LogP) is 1.83. The summed E-state index contributed by atoms with van der Waals surface area (Å²) in [6.45, 7) is 1.68. The first-order valence-corrected chi connectivity index (χ1v) is 7.85. The van der Waals surface area contributed by atoms with E-state index in [0.717, 1.165) is 43.1 Å². The number of carbonyl (C=O) groups excluding carboxylic acids is 1. The van der Waals surface area contributed by atoms with Crippen LogP contribution in [0.1, 0.15) is 22.3 Å². The van der Waals surface area contributed by atoms with E-state index in [2.05, 4.69) is 6.07 Å². The smallest absolute Gasteiger partial charge is 0.215 e. The number of ether oxygens (including phenoxy) is 1. The minimum absolute atomic E-state index is 0.257. The van der Waals surface area contributed by atoms with Crippen LogP contribution in [0.5, 0.6) is 0 Å². The van der Waals surface area contributed by atoms with E-state index >= 15 is 0 Å². The first-order valence-electron chi connectivity index (χ1n) is 6.22. The predicted molar refractivity (Wildman–Crippen MR) is 70.8 cm³/mol. The lowest BCUT2D eigenvalue weighted by molar-refractivity contribution is 0.0976. The molecule has 1 aliphatic carbocycles. The number of benzene rings is 1. The highest BCUT2D eigenvalue weighted by molar-refractivity contribution is 7.98. The number of ketones is 1. The Hall–Kier alpha value is -0.800. The topological polar surface area (TPSA) is 26.3 Å². The summed E-state index contributed by atoms with van der Waals surface area (Å²) in [5.74, 6) is 2.55. The highest BCUT2D eigenvalue weighted by atomic mass is 32.2. The molecule has 0 aromatic heterocycles. The Morgan fingerprint density at radius 1 is 1.18 bits per heavy atom. The maximum absolute atomic E-state index is 12.5. The van der Waals surface area contributed by atoms with E-state index in [1.807, 2.05) is 18.2 Å². The van der Waals surface area contributed by atoms with E-state index in [1.165, 1.54) is 5.56 Å². The summed E-state index contributed by atoms with van der Waals surface area (Å²) in [6, 6.07) is 8.10. The van der Waals surface area contributed by atoms with Crippen LogP contribution in [0.15, 0.2) is 24.3 Å². The van der Waals surface area contributed by atoms with Gasteiger partial charge in [-0.2, -0.15) is 0 Å². The molecule has 1 aromatic carbocycles. The lowest BCUT2D eigenvalue weighted by Gasteiger charge is -2.25. The van der Waals surface area contributed by atoms with Gasteiger partial charge in [-0.05, 0) is 12.0 Å². The van der Waals surface area contributed by atoms with Crippen LogP contribution in [0.3, 0.4) is 0 Å². The van der Waals surface area contributed by atoms with Crippen molar-refractivity contribution in [3.8, 4) is 0 Å². The van der Waals surface area contributed by atoms with Crippen molar-refractivity contribution in [2.24, 2.45) is 0 Å². The van der Waals surface area contributed by atoms with Gasteiger partial charge in [-0.25, -0.2) is 0 Å². The molecule has 0 spiro atoms. The number of Topliss-reactive ketones (excluding diaryl/α,β-unsaturated/α-hetero) is 1. The van der Waals surface area contributed by atoms with Gasteiger partial charge in [-0.1, -0.05) is 24.3 Å². The maximum Gasteiger partial charge on any atom is 0.215 e. The number of rotatable bonds is 1. The second-order valence-electron chi connectivity index (χ2n) is 4.61. The van der Waals surface area contributed by atoms with Gasteiger partial charge in [-0.3, -0.25) is 4.79 Å². The third kappa shape index (κ3) is 2.14. The van der Waals surface area contributed by atoms with Crippen LogP contribution in [-0.4, -0.2) is 35.8 Å². The number of hydrogen-bond acceptors (Lipinski definition) is 2. The van der Waals surface area contributed by atoms with E-state index in [1.54, 1.807) is 0 Å². The van der Waals surface area contributed by atoms with Crippen molar-refractivity contribution in [2.75, 3.05) is 24.7 Å². The number of fused-ring (bicyclic) bond motifs is 1. The molecule has 1 unspecified atom stereocenters. The van der Waals surface area contributed by atoms with Gasteiger partial charge in [0.25, 0.3) is 0 Å². The fraction of sp³-hybridized carbons (Fsp3) is 0.500. The van der Waals surface area contributed by atoms with Crippen LogP contribution >= 0.6 is 0 Å². The van der Waals surface area contributed by atoms with Crippen molar-refractivity contribution in [1.29, 1.82) is 0 Å². The van der Waals surface area contributed by atoms with Crippen molar-refractivity contribution in [2.45, 2.75) is 18.1 Å². The molecule has 2 aliphatic rings. The van der Waals surface area contributed by atoms with Gasteiger partial charge in [0, 0.05) is 22.9 Å². The lowest BCUT2D eigenvalue weighted by atomic mass is 9.90. The average molecular weight is 249 g/mol. The molecule has 1 atom stereocenters. The molecule has 1 saturated heterocycles. The quantitative estimate of drug-likeness (QED) is 0.710. The average Bonchev–Trinajstić information content (AvgIpc) is 2.40. The Kier molecular flexibility index (Phi) is 3.21. The molecular formula is C14H17O2S+. The van der Waals surface area contributed by atoms with Gasteiger partial charge in [0.1, 0.15) is 11.5 Å². The Morgan fingerprint density at radius 3 is 2.76 bits per heavy atom. The highest BCUT2D eigenvalue weighted by Crippen LogP contribution is 2.27. The van der Waals surface area contributed by atoms with E-state index in [4.69, 9.17) is 4.74 Å². The molecule has 1 heterocycles. The number of aryl methyl sites for hydroxylation is 1. The van der Waals surface area contributed by atoms with Crippen molar-refractivity contribution in [3.05, 3.63) is 35.4 Å². The lowest BCUT2D eigenvalue weighted by Crippen LogP contribution is -2.42.